The van der Waals surface area contributed by atoms with Gasteiger partial charge in [-0.2, -0.15) is 0 Å². The highest BCUT2D eigenvalue weighted by molar-refractivity contribution is 6.08. The fourth-order valence-corrected chi connectivity index (χ4v) is 7.45. The van der Waals surface area contributed by atoms with Gasteiger partial charge in [-0.15, -0.1) is 0 Å². The Kier molecular flexibility index (Phi) is 7.43. The normalized spacial score (nSPS) is 11.4. The molecule has 0 saturated carbocycles. The molecule has 0 aliphatic rings. The fraction of sp³-hybridized carbons (Fsp3) is 0. The van der Waals surface area contributed by atoms with E-state index in [2.05, 4.69) is 163 Å². The highest BCUT2D eigenvalue weighted by Gasteiger charge is 2.16. The Bertz CT molecular complexity index is 2940. The van der Waals surface area contributed by atoms with E-state index in [9.17, 15) is 0 Å². The van der Waals surface area contributed by atoms with Crippen molar-refractivity contribution in [2.75, 3.05) is 4.90 Å². The molecule has 10 rings (SSSR count). The van der Waals surface area contributed by atoms with Crippen molar-refractivity contribution in [3.8, 4) is 33.5 Å². The molecular formula is C49H32N4. The lowest BCUT2D eigenvalue weighted by Gasteiger charge is -2.26. The molecule has 0 atom stereocenters. The van der Waals surface area contributed by atoms with E-state index in [1.54, 1.807) is 0 Å². The quantitative estimate of drug-likeness (QED) is 0.164. The summed E-state index contributed by atoms with van der Waals surface area (Å²) in [4.78, 5) is 16.8. The predicted molar refractivity (Wildman–Crippen MR) is 221 cm³/mol. The lowest BCUT2D eigenvalue weighted by Crippen LogP contribution is -2.10. The second-order valence-corrected chi connectivity index (χ2v) is 13.3. The number of benzene rings is 7. The number of rotatable bonds is 6. The van der Waals surface area contributed by atoms with Crippen LogP contribution in [0.2, 0.25) is 0 Å². The van der Waals surface area contributed by atoms with Gasteiger partial charge in [-0.05, 0) is 98.9 Å². The molecule has 53 heavy (non-hydrogen) atoms. The first-order valence-electron chi connectivity index (χ1n) is 17.8. The molecular weight excluding hydrogens is 645 g/mol. The van der Waals surface area contributed by atoms with E-state index in [0.29, 0.717) is 0 Å². The average molecular weight is 677 g/mol. The minimum atomic E-state index is 0.872. The molecule has 0 fully saturated rings. The summed E-state index contributed by atoms with van der Waals surface area (Å²) >= 11 is 0. The summed E-state index contributed by atoms with van der Waals surface area (Å²) in [5, 5.41) is 6.14. The van der Waals surface area contributed by atoms with Crippen molar-refractivity contribution in [3.05, 3.63) is 194 Å². The third-order valence-corrected chi connectivity index (χ3v) is 10.1. The van der Waals surface area contributed by atoms with Crippen molar-refractivity contribution in [1.29, 1.82) is 0 Å². The summed E-state index contributed by atoms with van der Waals surface area (Å²) in [6.07, 6.45) is 3.79. The number of aromatic nitrogens is 3. The molecule has 0 aliphatic heterocycles. The predicted octanol–water partition coefficient (Wildman–Crippen LogP) is 13.0. The van der Waals surface area contributed by atoms with Crippen LogP contribution in [0.15, 0.2) is 194 Å². The first-order valence-corrected chi connectivity index (χ1v) is 17.8. The van der Waals surface area contributed by atoms with E-state index in [4.69, 9.17) is 15.0 Å². The van der Waals surface area contributed by atoms with Gasteiger partial charge in [0.1, 0.15) is 0 Å². The monoisotopic (exact) mass is 676 g/mol. The number of hydrogen-bond acceptors (Lipinski definition) is 4. The Morgan fingerprint density at radius 2 is 1.04 bits per heavy atom. The van der Waals surface area contributed by atoms with Crippen LogP contribution in [0.5, 0.6) is 0 Å². The summed E-state index contributed by atoms with van der Waals surface area (Å²) in [7, 11) is 0. The van der Waals surface area contributed by atoms with Gasteiger partial charge in [-0.3, -0.25) is 9.97 Å². The van der Waals surface area contributed by atoms with Crippen molar-refractivity contribution in [3.63, 3.8) is 0 Å². The van der Waals surface area contributed by atoms with Crippen molar-refractivity contribution in [2.45, 2.75) is 0 Å². The molecule has 0 bridgehead atoms. The van der Waals surface area contributed by atoms with Gasteiger partial charge >= 0.3 is 0 Å². The zero-order chi connectivity index (χ0) is 35.1. The molecule has 7 aromatic carbocycles. The molecule has 3 aromatic heterocycles. The molecule has 0 N–H and O–H groups in total. The Morgan fingerprint density at radius 3 is 1.87 bits per heavy atom. The Hall–Kier alpha value is -7.17. The zero-order valence-electron chi connectivity index (χ0n) is 28.8. The van der Waals surface area contributed by atoms with Gasteiger partial charge in [0.25, 0.3) is 0 Å². The van der Waals surface area contributed by atoms with Gasteiger partial charge in [-0.25, -0.2) is 4.98 Å². The third-order valence-electron chi connectivity index (χ3n) is 10.1. The number of hydrogen-bond donors (Lipinski definition) is 0. The van der Waals surface area contributed by atoms with Crippen LogP contribution >= 0.6 is 0 Å². The Morgan fingerprint density at radius 1 is 0.377 bits per heavy atom. The van der Waals surface area contributed by atoms with Crippen LogP contribution in [0.3, 0.4) is 0 Å². The highest BCUT2D eigenvalue weighted by Crippen LogP contribution is 2.39. The molecule has 3 heterocycles. The van der Waals surface area contributed by atoms with Crippen LogP contribution in [0.25, 0.3) is 77.0 Å². The third kappa shape index (κ3) is 5.63. The fourth-order valence-electron chi connectivity index (χ4n) is 7.45. The summed E-state index contributed by atoms with van der Waals surface area (Å²) in [6, 6.07) is 64.3. The molecule has 0 amide bonds. The minimum absolute atomic E-state index is 0.872. The second-order valence-electron chi connectivity index (χ2n) is 13.3. The van der Waals surface area contributed by atoms with Gasteiger partial charge in [0.15, 0.2) is 0 Å². The molecule has 0 unspecified atom stereocenters. The van der Waals surface area contributed by atoms with Crippen LogP contribution < -0.4 is 4.90 Å². The lowest BCUT2D eigenvalue weighted by molar-refractivity contribution is 1.25. The number of anilines is 3. The molecule has 4 heteroatoms. The van der Waals surface area contributed by atoms with Crippen molar-refractivity contribution in [2.24, 2.45) is 0 Å². The number of para-hydroxylation sites is 1. The number of fused-ring (bicyclic) bond motifs is 5. The highest BCUT2D eigenvalue weighted by atomic mass is 15.1. The van der Waals surface area contributed by atoms with Gasteiger partial charge < -0.3 is 4.90 Å². The van der Waals surface area contributed by atoms with E-state index in [1.165, 1.54) is 32.7 Å². The van der Waals surface area contributed by atoms with E-state index in [-0.39, 0.29) is 0 Å². The van der Waals surface area contributed by atoms with Crippen LogP contribution in [-0.4, -0.2) is 15.0 Å². The second kappa shape index (κ2) is 12.9. The summed E-state index contributed by atoms with van der Waals surface area (Å²) < 4.78 is 0. The Balaban J connectivity index is 1.04. The SMILES string of the molecule is c1ccc(-c2cc(-c3ccc(N(c4ccc(-c5ccc6c(ccc7ccccc76)c5)cc4)c4cnc5ccccc5c4)cc3)nc3cccnc23)cc1. The number of pyridine rings is 3. The van der Waals surface area contributed by atoms with Gasteiger partial charge in [0.05, 0.1) is 34.1 Å². The van der Waals surface area contributed by atoms with Crippen LogP contribution in [0.4, 0.5) is 17.1 Å². The molecule has 0 aliphatic carbocycles. The van der Waals surface area contributed by atoms with Gasteiger partial charge in [0, 0.05) is 34.1 Å². The van der Waals surface area contributed by atoms with Crippen molar-refractivity contribution in [1.82, 2.24) is 15.0 Å². The Labute approximate surface area is 307 Å². The first-order chi connectivity index (χ1) is 26.2. The van der Waals surface area contributed by atoms with Crippen LogP contribution in [-0.2, 0) is 0 Å². The molecule has 0 spiro atoms. The van der Waals surface area contributed by atoms with Gasteiger partial charge in [-0.1, -0.05) is 121 Å². The zero-order valence-corrected chi connectivity index (χ0v) is 28.8. The summed E-state index contributed by atoms with van der Waals surface area (Å²) in [5.41, 5.74) is 12.3. The van der Waals surface area contributed by atoms with Gasteiger partial charge in [0.2, 0.25) is 0 Å². The molecule has 4 nitrogen and oxygen atoms in total. The largest absolute Gasteiger partial charge is 0.309 e. The van der Waals surface area contributed by atoms with Crippen molar-refractivity contribution >= 4 is 60.5 Å². The van der Waals surface area contributed by atoms with Crippen LogP contribution in [0.1, 0.15) is 0 Å². The van der Waals surface area contributed by atoms with Crippen molar-refractivity contribution < 1.29 is 0 Å². The smallest absolute Gasteiger partial charge is 0.0965 e. The maximum Gasteiger partial charge on any atom is 0.0965 e. The maximum absolute atomic E-state index is 5.04. The van der Waals surface area contributed by atoms with E-state index in [0.717, 1.165) is 61.4 Å². The summed E-state index contributed by atoms with van der Waals surface area (Å²) in [6.45, 7) is 0. The molecule has 0 saturated heterocycles. The van der Waals surface area contributed by atoms with E-state index >= 15 is 0 Å². The topological polar surface area (TPSA) is 41.9 Å². The first kappa shape index (κ1) is 30.6. The average Bonchev–Trinajstić information content (AvgIpc) is 3.24. The minimum Gasteiger partial charge on any atom is -0.309 e. The van der Waals surface area contributed by atoms with E-state index < -0.39 is 0 Å². The molecule has 0 radical (unpaired) electrons. The molecule has 10 aromatic rings. The standard InChI is InChI=1S/C49H32N4/c1-2-9-34(10-3-1)45-31-48(52-47-15-8-28-50-49(45)47)36-20-25-41(26-21-36)53(42-30-39-12-5-7-14-46(39)51-32-42)40-23-18-33(19-24-40)37-22-27-44-38(29-37)17-16-35-11-4-6-13-43(35)44/h1-32H. The molecule has 248 valence electrons. The summed E-state index contributed by atoms with van der Waals surface area (Å²) in [5.74, 6) is 0. The number of nitrogens with zero attached hydrogens (tertiary/aromatic N) is 4. The maximum atomic E-state index is 5.04. The lowest BCUT2D eigenvalue weighted by atomic mass is 9.97. The van der Waals surface area contributed by atoms with Crippen LogP contribution in [0, 0.1) is 0 Å². The van der Waals surface area contributed by atoms with E-state index in [1.807, 2.05) is 36.7 Å².